The maximum absolute atomic E-state index is 12.3. The molecule has 32 heavy (non-hydrogen) atoms. The zero-order chi connectivity index (χ0) is 22.6. The lowest BCUT2D eigenvalue weighted by Crippen LogP contribution is -2.63. The highest BCUT2D eigenvalue weighted by Gasteiger charge is 2.71. The molecule has 4 aliphatic carbocycles. The fourth-order valence-electron chi connectivity index (χ4n) is 8.29. The second-order valence-corrected chi connectivity index (χ2v) is 11.4. The molecule has 0 radical (unpaired) electrons. The number of rotatable bonds is 5. The Morgan fingerprint density at radius 2 is 1.72 bits per heavy atom. The molecule has 3 fully saturated rings. The Morgan fingerprint density at radius 3 is 2.47 bits per heavy atom. The van der Waals surface area contributed by atoms with E-state index in [2.05, 4.69) is 19.9 Å². The summed E-state index contributed by atoms with van der Waals surface area (Å²) in [5.74, 6) is 0.685. The quantitative estimate of drug-likeness (QED) is 0.458. The summed E-state index contributed by atoms with van der Waals surface area (Å²) in [4.78, 5) is 0. The van der Waals surface area contributed by atoms with Crippen LogP contribution >= 0.6 is 0 Å². The highest BCUT2D eigenvalue weighted by Crippen LogP contribution is 2.71. The van der Waals surface area contributed by atoms with Crippen molar-refractivity contribution in [3.05, 3.63) is 47.5 Å². The Hall–Kier alpha value is -1.20. The minimum atomic E-state index is -0.969. The van der Waals surface area contributed by atoms with Gasteiger partial charge in [-0.3, -0.25) is 0 Å². The van der Waals surface area contributed by atoms with Gasteiger partial charge in [0.2, 0.25) is 0 Å². The molecule has 5 rings (SSSR count). The highest BCUT2D eigenvalue weighted by atomic mass is 16.5. The van der Waals surface area contributed by atoms with Crippen molar-refractivity contribution in [1.82, 2.24) is 0 Å². The van der Waals surface area contributed by atoms with E-state index in [4.69, 9.17) is 9.84 Å². The van der Waals surface area contributed by atoms with Gasteiger partial charge in [0.15, 0.2) is 0 Å². The van der Waals surface area contributed by atoms with Crippen LogP contribution < -0.4 is 0 Å². The minimum Gasteiger partial charge on any atom is -0.396 e. The Balaban J connectivity index is 1.43. The number of benzene rings is 1. The van der Waals surface area contributed by atoms with Crippen molar-refractivity contribution in [2.75, 3.05) is 13.2 Å². The molecule has 4 aliphatic rings. The predicted molar refractivity (Wildman–Crippen MR) is 125 cm³/mol. The molecule has 1 aromatic rings. The molecule has 0 unspecified atom stereocenters. The summed E-state index contributed by atoms with van der Waals surface area (Å²) in [6, 6.07) is 10.1. The van der Waals surface area contributed by atoms with Gasteiger partial charge in [-0.15, -0.1) is 0 Å². The molecule has 3 N–H and O–H groups in total. The van der Waals surface area contributed by atoms with Gasteiger partial charge in [0.25, 0.3) is 0 Å². The predicted octanol–water partition coefficient (Wildman–Crippen LogP) is 4.72. The first-order valence-corrected chi connectivity index (χ1v) is 12.7. The van der Waals surface area contributed by atoms with E-state index in [1.54, 1.807) is 0 Å². The summed E-state index contributed by atoms with van der Waals surface area (Å²) in [5, 5.41) is 33.4. The van der Waals surface area contributed by atoms with Gasteiger partial charge in [0.1, 0.15) is 0 Å². The average molecular weight is 441 g/mol. The molecule has 0 amide bonds. The van der Waals surface area contributed by atoms with Gasteiger partial charge in [-0.05, 0) is 80.6 Å². The Morgan fingerprint density at radius 1 is 0.938 bits per heavy atom. The Bertz CT molecular complexity index is 867. The molecule has 4 nitrogen and oxygen atoms in total. The number of allylic oxidation sites excluding steroid dienone is 1. The molecule has 0 spiro atoms. The minimum absolute atomic E-state index is 0.115. The van der Waals surface area contributed by atoms with Crippen LogP contribution in [0.15, 0.2) is 42.0 Å². The normalized spacial score (nSPS) is 45.5. The van der Waals surface area contributed by atoms with Gasteiger partial charge in [-0.1, -0.05) is 55.8 Å². The van der Waals surface area contributed by atoms with Gasteiger partial charge in [0.05, 0.1) is 17.3 Å². The third-order valence-electron chi connectivity index (χ3n) is 10.3. The third kappa shape index (κ3) is 3.02. The van der Waals surface area contributed by atoms with Gasteiger partial charge in [0, 0.05) is 18.6 Å². The van der Waals surface area contributed by atoms with E-state index in [0.29, 0.717) is 31.8 Å². The van der Waals surface area contributed by atoms with Crippen LogP contribution in [0.1, 0.15) is 77.2 Å². The summed E-state index contributed by atoms with van der Waals surface area (Å²) >= 11 is 0. The summed E-state index contributed by atoms with van der Waals surface area (Å²) in [6.45, 7) is 5.37. The van der Waals surface area contributed by atoms with E-state index in [0.717, 1.165) is 44.1 Å². The Kier molecular flexibility index (Phi) is 5.60. The van der Waals surface area contributed by atoms with Gasteiger partial charge in [-0.25, -0.2) is 0 Å². The summed E-state index contributed by atoms with van der Waals surface area (Å²) < 4.78 is 6.02. The monoisotopic (exact) mass is 440 g/mol. The molecule has 176 valence electrons. The molecule has 0 saturated heterocycles. The largest absolute Gasteiger partial charge is 0.396 e. The van der Waals surface area contributed by atoms with Crippen LogP contribution in [0.3, 0.4) is 0 Å². The number of aliphatic hydroxyl groups is 3. The van der Waals surface area contributed by atoms with Crippen molar-refractivity contribution in [2.45, 2.75) is 88.9 Å². The molecule has 7 atom stereocenters. The maximum Gasteiger partial charge on any atom is 0.0978 e. The lowest BCUT2D eigenvalue weighted by molar-refractivity contribution is -0.222. The first-order chi connectivity index (χ1) is 15.3. The van der Waals surface area contributed by atoms with Gasteiger partial charge >= 0.3 is 0 Å². The van der Waals surface area contributed by atoms with Gasteiger partial charge < -0.3 is 20.1 Å². The van der Waals surface area contributed by atoms with Crippen molar-refractivity contribution < 1.29 is 20.1 Å². The molecule has 4 heteroatoms. The Labute approximate surface area is 192 Å². The molecule has 0 heterocycles. The maximum atomic E-state index is 12.3. The molecule has 0 aliphatic heterocycles. The summed E-state index contributed by atoms with van der Waals surface area (Å²) in [7, 11) is 0. The fourth-order valence-corrected chi connectivity index (χ4v) is 8.29. The van der Waals surface area contributed by atoms with Crippen LogP contribution in [0.4, 0.5) is 0 Å². The number of ether oxygens (including phenoxy) is 1. The molecule has 1 aromatic carbocycles. The van der Waals surface area contributed by atoms with Crippen molar-refractivity contribution in [3.63, 3.8) is 0 Å². The van der Waals surface area contributed by atoms with Crippen LogP contribution in [-0.4, -0.2) is 40.2 Å². The first-order valence-electron chi connectivity index (χ1n) is 12.7. The topological polar surface area (TPSA) is 69.9 Å². The van der Waals surface area contributed by atoms with Crippen molar-refractivity contribution in [1.29, 1.82) is 0 Å². The number of fused-ring (bicyclic) bond motifs is 5. The number of aliphatic hydroxyl groups excluding tert-OH is 1. The van der Waals surface area contributed by atoms with Gasteiger partial charge in [-0.2, -0.15) is 0 Å². The number of hydrogen-bond acceptors (Lipinski definition) is 4. The van der Waals surface area contributed by atoms with Crippen LogP contribution in [0.25, 0.3) is 0 Å². The molecular formula is C28H40O4. The van der Waals surface area contributed by atoms with Crippen molar-refractivity contribution in [3.8, 4) is 0 Å². The van der Waals surface area contributed by atoms with E-state index in [1.807, 2.05) is 30.3 Å². The first kappa shape index (κ1) is 22.6. The third-order valence-corrected chi connectivity index (χ3v) is 10.3. The van der Waals surface area contributed by atoms with E-state index < -0.39 is 16.6 Å². The fraction of sp³-hybridized carbons (Fsp3) is 0.714. The second kappa shape index (κ2) is 7.94. The lowest BCUT2D eigenvalue weighted by Gasteiger charge is -2.62. The zero-order valence-corrected chi connectivity index (χ0v) is 19.7. The van der Waals surface area contributed by atoms with Crippen LogP contribution in [0.2, 0.25) is 0 Å². The van der Waals surface area contributed by atoms with E-state index in [1.165, 1.54) is 5.57 Å². The van der Waals surface area contributed by atoms with Crippen LogP contribution in [0, 0.1) is 22.7 Å². The number of hydrogen-bond donors (Lipinski definition) is 3. The molecular weight excluding hydrogens is 400 g/mol. The smallest absolute Gasteiger partial charge is 0.0978 e. The van der Waals surface area contributed by atoms with E-state index in [9.17, 15) is 10.2 Å². The van der Waals surface area contributed by atoms with Crippen molar-refractivity contribution >= 4 is 0 Å². The molecule has 0 aromatic heterocycles. The van der Waals surface area contributed by atoms with Crippen LogP contribution in [-0.2, 0) is 10.3 Å². The van der Waals surface area contributed by atoms with Crippen LogP contribution in [0.5, 0.6) is 0 Å². The summed E-state index contributed by atoms with van der Waals surface area (Å²) in [5.41, 5.74) is 0.268. The SMILES string of the molecule is C[C@]12CC[C@H]3[C@@H](CCC4=C[C@@H](OCCCO)CC[C@@]43C)[C@@]1(O)CC[C@]2(O)c1ccccc1. The summed E-state index contributed by atoms with van der Waals surface area (Å²) in [6.07, 6.45) is 10.6. The molecule has 0 bridgehead atoms. The zero-order valence-electron chi connectivity index (χ0n) is 19.7. The molecule has 3 saturated carbocycles. The second-order valence-electron chi connectivity index (χ2n) is 11.4. The van der Waals surface area contributed by atoms with E-state index in [-0.39, 0.29) is 24.0 Å². The average Bonchev–Trinajstić information content (AvgIpc) is 3.02. The van der Waals surface area contributed by atoms with E-state index >= 15 is 0 Å². The standard InChI is InChI=1S/C28H40O4/c1-25-13-11-22(32-18-6-17-29)19-21(25)9-10-24-23(25)12-14-26(2)27(30,15-16-28(24,26)31)20-7-4-3-5-8-20/h3-5,7-8,19,22-24,29-31H,6,9-18H2,1-2H3/t22-,23-,24+,25-,26+,27-,28-/m0/s1. The van der Waals surface area contributed by atoms with Crippen molar-refractivity contribution in [2.24, 2.45) is 22.7 Å². The lowest BCUT2D eigenvalue weighted by atomic mass is 9.44. The highest BCUT2D eigenvalue weighted by molar-refractivity contribution is 5.34.